The Morgan fingerprint density at radius 3 is 2.54 bits per heavy atom. The number of nitrogens with zero attached hydrogens (tertiary/aromatic N) is 3. The van der Waals surface area contributed by atoms with Crippen LogP contribution in [0.5, 0.6) is 0 Å². The van der Waals surface area contributed by atoms with E-state index in [1.54, 1.807) is 5.38 Å². The highest BCUT2D eigenvalue weighted by molar-refractivity contribution is 7.13. The molecule has 1 aromatic carbocycles. The molecule has 3 saturated heterocycles. The van der Waals surface area contributed by atoms with Crippen molar-refractivity contribution in [3.8, 4) is 10.6 Å². The Morgan fingerprint density at radius 2 is 1.93 bits per heavy atom. The van der Waals surface area contributed by atoms with E-state index in [9.17, 15) is 23.4 Å². The minimum absolute atomic E-state index is 0.113. The highest BCUT2D eigenvalue weighted by atomic mass is 32.1. The molecular formula is C17H15F3N4O3S. The third-order valence-corrected chi connectivity index (χ3v) is 5.94. The first-order valence-corrected chi connectivity index (χ1v) is 9.48. The van der Waals surface area contributed by atoms with Crippen LogP contribution >= 0.6 is 11.3 Å². The molecule has 6 rings (SSSR count). The van der Waals surface area contributed by atoms with Crippen LogP contribution in [-0.2, 0) is 5.79 Å². The SMILES string of the molecule is OC(O)(c1cc(-c2nccs2)c2oc(N3CC4CC(C3)N4)nc2c1)C(F)(F)F. The summed E-state index contributed by atoms with van der Waals surface area (Å²) in [6, 6.07) is 3.02. The number of hydrogen-bond donors (Lipinski definition) is 3. The minimum atomic E-state index is -5.27. The van der Waals surface area contributed by atoms with E-state index in [-0.39, 0.29) is 16.7 Å². The number of nitrogens with one attached hydrogen (secondary N) is 1. The maximum absolute atomic E-state index is 13.2. The second kappa shape index (κ2) is 5.89. The second-order valence-corrected chi connectivity index (χ2v) is 7.97. The Hall–Kier alpha value is -2.21. The standard InChI is InChI=1S/C17H15F3N4O3S/c18-17(19,20)16(25,26)8-3-11(14-21-1-2-28-14)13-12(4-8)23-15(27-13)24-6-9-5-10(7-24)22-9/h1-4,9-10,22,25-26H,5-7H2. The van der Waals surface area contributed by atoms with Crippen molar-refractivity contribution >= 4 is 28.5 Å². The van der Waals surface area contributed by atoms with Crippen molar-refractivity contribution in [2.24, 2.45) is 0 Å². The number of hydrogen-bond acceptors (Lipinski definition) is 8. The molecule has 0 saturated carbocycles. The van der Waals surface area contributed by atoms with Crippen LogP contribution in [0.1, 0.15) is 12.0 Å². The maximum Gasteiger partial charge on any atom is 0.447 e. The average molecular weight is 412 g/mol. The number of oxazole rings is 1. The normalized spacial score (nSPS) is 22.5. The summed E-state index contributed by atoms with van der Waals surface area (Å²) in [7, 11) is 0. The first-order valence-electron chi connectivity index (χ1n) is 8.60. The van der Waals surface area contributed by atoms with Crippen molar-refractivity contribution in [1.29, 1.82) is 0 Å². The van der Waals surface area contributed by atoms with Crippen molar-refractivity contribution in [1.82, 2.24) is 15.3 Å². The van der Waals surface area contributed by atoms with Gasteiger partial charge in [-0.25, -0.2) is 4.98 Å². The number of aliphatic hydroxyl groups is 2. The second-order valence-electron chi connectivity index (χ2n) is 7.08. The molecule has 0 radical (unpaired) electrons. The van der Waals surface area contributed by atoms with Gasteiger partial charge in [-0.05, 0) is 18.6 Å². The molecule has 3 fully saturated rings. The largest absolute Gasteiger partial charge is 0.447 e. The van der Waals surface area contributed by atoms with Gasteiger partial charge in [-0.15, -0.1) is 11.3 Å². The van der Waals surface area contributed by atoms with E-state index in [2.05, 4.69) is 15.3 Å². The van der Waals surface area contributed by atoms with Gasteiger partial charge in [-0.2, -0.15) is 18.2 Å². The van der Waals surface area contributed by atoms with Gasteiger partial charge in [-0.3, -0.25) is 0 Å². The molecule has 2 unspecified atom stereocenters. The number of piperazine rings is 1. The van der Waals surface area contributed by atoms with Crippen LogP contribution in [0.25, 0.3) is 21.7 Å². The number of piperidine rings is 1. The van der Waals surface area contributed by atoms with Gasteiger partial charge < -0.3 is 24.8 Å². The quantitative estimate of drug-likeness (QED) is 0.568. The van der Waals surface area contributed by atoms with E-state index in [0.29, 0.717) is 36.2 Å². The molecule has 2 atom stereocenters. The molecule has 11 heteroatoms. The molecule has 0 aliphatic carbocycles. The minimum Gasteiger partial charge on any atom is -0.423 e. The van der Waals surface area contributed by atoms with Crippen molar-refractivity contribution in [3.05, 3.63) is 29.3 Å². The molecule has 7 nitrogen and oxygen atoms in total. The van der Waals surface area contributed by atoms with Crippen LogP contribution in [0, 0.1) is 0 Å². The number of benzene rings is 1. The van der Waals surface area contributed by atoms with Crippen LogP contribution in [0.15, 0.2) is 28.1 Å². The number of aromatic nitrogens is 2. The number of anilines is 1. The zero-order valence-corrected chi connectivity index (χ0v) is 15.1. The van der Waals surface area contributed by atoms with E-state index in [1.807, 2.05) is 4.90 Å². The maximum atomic E-state index is 13.2. The number of thiazole rings is 1. The first-order chi connectivity index (χ1) is 13.2. The fraction of sp³-hybridized carbons (Fsp3) is 0.412. The topological polar surface area (TPSA) is 94.7 Å². The summed E-state index contributed by atoms with van der Waals surface area (Å²) in [5, 5.41) is 24.9. The van der Waals surface area contributed by atoms with Crippen molar-refractivity contribution in [3.63, 3.8) is 0 Å². The van der Waals surface area contributed by atoms with Crippen molar-refractivity contribution in [2.75, 3.05) is 18.0 Å². The molecule has 0 spiro atoms. The Balaban J connectivity index is 1.65. The van der Waals surface area contributed by atoms with Crippen LogP contribution in [0.2, 0.25) is 0 Å². The number of rotatable bonds is 3. The highest BCUT2D eigenvalue weighted by Gasteiger charge is 2.54. The monoisotopic (exact) mass is 412 g/mol. The van der Waals surface area contributed by atoms with E-state index in [1.165, 1.54) is 17.5 Å². The van der Waals surface area contributed by atoms with Gasteiger partial charge in [-0.1, -0.05) is 0 Å². The number of fused-ring (bicyclic) bond motifs is 3. The average Bonchev–Trinajstić information content (AvgIpc) is 3.29. The van der Waals surface area contributed by atoms with E-state index in [0.717, 1.165) is 18.6 Å². The smallest absolute Gasteiger partial charge is 0.423 e. The fourth-order valence-electron chi connectivity index (χ4n) is 3.71. The van der Waals surface area contributed by atoms with Crippen molar-refractivity contribution < 1.29 is 27.8 Å². The van der Waals surface area contributed by atoms with Crippen LogP contribution in [0.3, 0.4) is 0 Å². The Bertz CT molecular complexity index is 1020. The molecular weight excluding hydrogens is 397 g/mol. The van der Waals surface area contributed by atoms with Gasteiger partial charge in [0.05, 0.1) is 5.56 Å². The first kappa shape index (κ1) is 17.9. The third kappa shape index (κ3) is 2.69. The lowest BCUT2D eigenvalue weighted by atomic mass is 9.92. The molecule has 0 amide bonds. The van der Waals surface area contributed by atoms with E-state index >= 15 is 0 Å². The van der Waals surface area contributed by atoms with Crippen LogP contribution in [-0.4, -0.2) is 51.5 Å². The molecule has 3 N–H and O–H groups in total. The summed E-state index contributed by atoms with van der Waals surface area (Å²) in [5.41, 5.74) is -0.125. The van der Waals surface area contributed by atoms with Gasteiger partial charge in [0.1, 0.15) is 10.5 Å². The zero-order valence-electron chi connectivity index (χ0n) is 14.3. The Morgan fingerprint density at radius 1 is 1.21 bits per heavy atom. The Labute approximate surface area is 160 Å². The summed E-state index contributed by atoms with van der Waals surface area (Å²) < 4.78 is 45.4. The molecule has 148 valence electrons. The molecule has 3 aromatic rings. The third-order valence-electron chi connectivity index (χ3n) is 5.13. The van der Waals surface area contributed by atoms with Crippen LogP contribution < -0.4 is 10.2 Å². The van der Waals surface area contributed by atoms with E-state index < -0.39 is 17.5 Å². The lowest BCUT2D eigenvalue weighted by Gasteiger charge is -2.47. The molecule has 5 heterocycles. The summed E-state index contributed by atoms with van der Waals surface area (Å²) >= 11 is 1.20. The van der Waals surface area contributed by atoms with Crippen molar-refractivity contribution in [2.45, 2.75) is 30.5 Å². The predicted octanol–water partition coefficient (Wildman–Crippen LogP) is 2.20. The summed E-state index contributed by atoms with van der Waals surface area (Å²) in [5.74, 6) is -4.01. The predicted molar refractivity (Wildman–Crippen MR) is 94.8 cm³/mol. The summed E-state index contributed by atoms with van der Waals surface area (Å²) in [6.45, 7) is 1.38. The zero-order chi connectivity index (χ0) is 19.7. The van der Waals surface area contributed by atoms with Gasteiger partial charge in [0, 0.05) is 42.3 Å². The molecule has 3 aliphatic rings. The molecule has 2 aromatic heterocycles. The summed E-state index contributed by atoms with van der Waals surface area (Å²) in [6.07, 6.45) is -2.68. The van der Waals surface area contributed by atoms with Gasteiger partial charge in [0.2, 0.25) is 0 Å². The number of halogens is 3. The van der Waals surface area contributed by atoms with Gasteiger partial charge >= 0.3 is 6.18 Å². The molecule has 2 bridgehead atoms. The molecule has 3 aliphatic heterocycles. The number of alkyl halides is 3. The lowest BCUT2D eigenvalue weighted by molar-refractivity contribution is -0.358. The Kier molecular flexibility index (Phi) is 3.76. The van der Waals surface area contributed by atoms with Crippen LogP contribution in [0.4, 0.5) is 19.2 Å². The van der Waals surface area contributed by atoms with E-state index in [4.69, 9.17) is 4.42 Å². The summed E-state index contributed by atoms with van der Waals surface area (Å²) in [4.78, 5) is 10.4. The van der Waals surface area contributed by atoms with Gasteiger partial charge in [0.15, 0.2) is 5.58 Å². The fourth-order valence-corrected chi connectivity index (χ4v) is 4.36. The highest BCUT2D eigenvalue weighted by Crippen LogP contribution is 2.42. The lowest BCUT2D eigenvalue weighted by Crippen LogP contribution is -2.67. The molecule has 28 heavy (non-hydrogen) atoms. The van der Waals surface area contributed by atoms with Gasteiger partial charge in [0.25, 0.3) is 11.8 Å².